The summed E-state index contributed by atoms with van der Waals surface area (Å²) in [7, 11) is -1.11. The summed E-state index contributed by atoms with van der Waals surface area (Å²) in [5.74, 6) is -0.0898. The molecule has 0 spiro atoms. The molecule has 2 atom stereocenters. The second-order valence-electron chi connectivity index (χ2n) is 8.44. The Hall–Kier alpha value is -3.30. The number of amides is 2. The van der Waals surface area contributed by atoms with Gasteiger partial charge >= 0.3 is 6.03 Å². The van der Waals surface area contributed by atoms with Crippen molar-refractivity contribution in [3.05, 3.63) is 90.5 Å². The van der Waals surface area contributed by atoms with Gasteiger partial charge < -0.3 is 21.2 Å². The molecule has 0 aliphatic rings. The molecule has 2 unspecified atom stereocenters. The predicted molar refractivity (Wildman–Crippen MR) is 165 cm³/mol. The molecule has 0 fully saturated rings. The first-order valence-electron chi connectivity index (χ1n) is 13.0. The second kappa shape index (κ2) is 26.3. The highest BCUT2D eigenvalue weighted by molar-refractivity contribution is 7.81. The van der Waals surface area contributed by atoms with Gasteiger partial charge in [-0.2, -0.15) is 0 Å². The Labute approximate surface area is 237 Å². The Morgan fingerprint density at radius 1 is 1.18 bits per heavy atom. The molecule has 218 valence electrons. The van der Waals surface area contributed by atoms with Crippen molar-refractivity contribution in [3.63, 3.8) is 0 Å². The Balaban J connectivity index is 0. The summed E-state index contributed by atoms with van der Waals surface area (Å²) in [5.41, 5.74) is 7.63. The van der Waals surface area contributed by atoms with E-state index in [4.69, 9.17) is 5.73 Å². The van der Waals surface area contributed by atoms with E-state index in [1.54, 1.807) is 0 Å². The maximum absolute atomic E-state index is 13.4. The molecule has 0 saturated heterocycles. The highest BCUT2D eigenvalue weighted by Crippen LogP contribution is 2.12. The average molecular weight is 563 g/mol. The molecule has 1 rings (SSSR count). The number of aldehydes is 1. The van der Waals surface area contributed by atoms with Crippen molar-refractivity contribution in [1.82, 2.24) is 5.32 Å². The van der Waals surface area contributed by atoms with Gasteiger partial charge in [-0.1, -0.05) is 69.9 Å². The van der Waals surface area contributed by atoms with E-state index < -0.39 is 11.0 Å². The number of carbonyl (C=O) groups excluding carboxylic acids is 2. The highest BCUT2D eigenvalue weighted by atomic mass is 32.2. The molecule has 2 amide bonds. The van der Waals surface area contributed by atoms with Crippen LogP contribution < -0.4 is 21.5 Å². The molecule has 0 aliphatic carbocycles. The first-order valence-corrected chi connectivity index (χ1v) is 14.7. The van der Waals surface area contributed by atoms with Crippen LogP contribution in [0.2, 0.25) is 0 Å². The topological polar surface area (TPSA) is 127 Å². The highest BCUT2D eigenvalue weighted by Gasteiger charge is 2.01. The Kier molecular flexibility index (Phi) is 25.5. The summed E-state index contributed by atoms with van der Waals surface area (Å²) < 4.78 is 22.7. The molecule has 1 aromatic carbocycles. The van der Waals surface area contributed by atoms with Gasteiger partial charge in [-0.25, -0.2) is 13.4 Å². The average Bonchev–Trinajstić information content (AvgIpc) is 2.90. The van der Waals surface area contributed by atoms with E-state index in [-0.39, 0.29) is 17.6 Å². The number of nitrogens with two attached hydrogens (primary N) is 2. The van der Waals surface area contributed by atoms with Crippen LogP contribution in [0.4, 0.5) is 14.9 Å². The third kappa shape index (κ3) is 26.1. The number of urea groups is 1. The molecule has 0 radical (unpaired) electrons. The van der Waals surface area contributed by atoms with Crippen molar-refractivity contribution >= 4 is 29.0 Å². The first-order chi connectivity index (χ1) is 18.6. The smallest absolute Gasteiger partial charge is 0.319 e. The lowest BCUT2D eigenvalue weighted by Crippen LogP contribution is -2.29. The third-order valence-electron chi connectivity index (χ3n) is 4.82. The van der Waals surface area contributed by atoms with Crippen LogP contribution >= 0.6 is 0 Å². The molecule has 0 aromatic heterocycles. The van der Waals surface area contributed by atoms with Gasteiger partial charge in [-0.05, 0) is 67.9 Å². The minimum Gasteiger partial charge on any atom is -0.396 e. The van der Waals surface area contributed by atoms with Crippen LogP contribution in [-0.2, 0) is 22.2 Å². The fraction of sp³-hybridized carbons (Fsp3) is 0.400. The number of allylic oxidation sites excluding steroid dienone is 8. The maximum Gasteiger partial charge on any atom is 0.319 e. The number of hydrogen-bond acceptors (Lipinski definition) is 4. The number of benzene rings is 1. The monoisotopic (exact) mass is 562 g/mol. The van der Waals surface area contributed by atoms with Gasteiger partial charge in [0.1, 0.15) is 12.1 Å². The van der Waals surface area contributed by atoms with Crippen molar-refractivity contribution in [2.45, 2.75) is 59.3 Å². The standard InChI is InChI=1S/C15H22FN.C14H20N2O2.CH5NOS/c1-4-6-7-8-10-13(3)11-12-14(16)15(17)9-5-2;1-2-12-6-8-13(9-7-12)16-14(18)15-10-4-3-5-11-17;1-4(2)3/h5-10,12-13H,2,4,11,17H2,1,3H3;6-9,11H,2-5,10H2,1H3,(H2,15,16,18);2H2,1H3/b7-6-,10-8-,14-12+,15-9+;;. The maximum atomic E-state index is 13.4. The fourth-order valence-corrected chi connectivity index (χ4v) is 2.71. The zero-order valence-electron chi connectivity index (χ0n) is 23.8. The second-order valence-corrected chi connectivity index (χ2v) is 9.43. The summed E-state index contributed by atoms with van der Waals surface area (Å²) in [5, 5.41) is 10.1. The molecule has 0 aliphatic heterocycles. The quantitative estimate of drug-likeness (QED) is 0.119. The Bertz CT molecular complexity index is 953. The van der Waals surface area contributed by atoms with E-state index in [0.717, 1.165) is 37.7 Å². The van der Waals surface area contributed by atoms with Gasteiger partial charge in [-0.15, -0.1) is 0 Å². The largest absolute Gasteiger partial charge is 0.396 e. The van der Waals surface area contributed by atoms with Crippen molar-refractivity contribution < 1.29 is 18.2 Å². The van der Waals surface area contributed by atoms with Crippen molar-refractivity contribution in [2.24, 2.45) is 16.8 Å². The van der Waals surface area contributed by atoms with Crippen molar-refractivity contribution in [2.75, 3.05) is 18.1 Å². The van der Waals surface area contributed by atoms with Gasteiger partial charge in [-0.3, -0.25) is 5.14 Å². The molecule has 9 heteroatoms. The van der Waals surface area contributed by atoms with Gasteiger partial charge in [0.2, 0.25) is 0 Å². The molecule has 0 saturated carbocycles. The fourth-order valence-electron chi connectivity index (χ4n) is 2.71. The molecule has 7 nitrogen and oxygen atoms in total. The van der Waals surface area contributed by atoms with E-state index in [1.165, 1.54) is 30.0 Å². The van der Waals surface area contributed by atoms with E-state index >= 15 is 0 Å². The van der Waals surface area contributed by atoms with Crippen LogP contribution in [0.25, 0.3) is 0 Å². The number of carbonyl (C=O) groups is 2. The molecule has 0 bridgehead atoms. The first kappa shape index (κ1) is 37.9. The van der Waals surface area contributed by atoms with Crippen molar-refractivity contribution in [3.8, 4) is 0 Å². The number of hydrogen-bond donors (Lipinski definition) is 4. The van der Waals surface area contributed by atoms with Crippen molar-refractivity contribution in [1.29, 1.82) is 0 Å². The van der Waals surface area contributed by atoms with E-state index in [9.17, 15) is 18.2 Å². The van der Waals surface area contributed by atoms with E-state index in [0.29, 0.717) is 25.3 Å². The number of aryl methyl sites for hydroxylation is 1. The third-order valence-corrected chi connectivity index (χ3v) is 4.82. The summed E-state index contributed by atoms with van der Waals surface area (Å²) >= 11 is 0. The lowest BCUT2D eigenvalue weighted by Gasteiger charge is -2.07. The molecule has 1 aromatic rings. The molecular weight excluding hydrogens is 515 g/mol. The van der Waals surface area contributed by atoms with Crippen LogP contribution in [-0.4, -0.2) is 29.3 Å². The van der Waals surface area contributed by atoms with Gasteiger partial charge in [0.15, 0.2) is 0 Å². The number of anilines is 1. The van der Waals surface area contributed by atoms with Crippen LogP contribution in [0.3, 0.4) is 0 Å². The summed E-state index contributed by atoms with van der Waals surface area (Å²) in [6.45, 7) is 10.3. The summed E-state index contributed by atoms with van der Waals surface area (Å²) in [4.78, 5) is 21.6. The van der Waals surface area contributed by atoms with Crippen LogP contribution in [0.5, 0.6) is 0 Å². The lowest BCUT2D eigenvalue weighted by molar-refractivity contribution is -0.107. The summed E-state index contributed by atoms with van der Waals surface area (Å²) in [6, 6.07) is 7.58. The number of halogens is 1. The number of unbranched alkanes of at least 4 members (excludes halogenated alkanes) is 2. The number of rotatable bonds is 14. The Morgan fingerprint density at radius 2 is 1.82 bits per heavy atom. The van der Waals surface area contributed by atoms with Crippen LogP contribution in [0.1, 0.15) is 58.4 Å². The number of nitrogens with one attached hydrogen (secondary N) is 2. The predicted octanol–water partition coefficient (Wildman–Crippen LogP) is 6.40. The minimum atomic E-state index is -1.11. The summed E-state index contributed by atoms with van der Waals surface area (Å²) in [6.07, 6.45) is 19.7. The minimum absolute atomic E-state index is 0.127. The van der Waals surface area contributed by atoms with Crippen LogP contribution in [0.15, 0.2) is 84.9 Å². The van der Waals surface area contributed by atoms with Gasteiger partial charge in [0.05, 0.1) is 16.7 Å². The van der Waals surface area contributed by atoms with Gasteiger partial charge in [0.25, 0.3) is 0 Å². The van der Waals surface area contributed by atoms with Gasteiger partial charge in [0, 0.05) is 24.9 Å². The van der Waals surface area contributed by atoms with E-state index in [1.807, 2.05) is 49.4 Å². The zero-order valence-corrected chi connectivity index (χ0v) is 24.6. The Morgan fingerprint density at radius 3 is 2.36 bits per heavy atom. The van der Waals surface area contributed by atoms with E-state index in [2.05, 4.69) is 42.3 Å². The molecule has 39 heavy (non-hydrogen) atoms. The zero-order chi connectivity index (χ0) is 29.9. The molecule has 0 heterocycles. The molecule has 6 N–H and O–H groups in total. The van der Waals surface area contributed by atoms with Crippen LogP contribution in [0, 0.1) is 5.92 Å². The normalized spacial score (nSPS) is 13.0. The lowest BCUT2D eigenvalue weighted by atomic mass is 10.1. The SMILES string of the molecule is C=C/C=C(N)\C(F)=C/CC(C)/C=C\C=C/CC.CCc1ccc(NC(=O)NCCCCC=O)cc1.CS(N)=O. The molecular formula is C30H47FN4O3S.